The molecular formula is C24H28N2O5. The zero-order chi connectivity index (χ0) is 22.2. The highest BCUT2D eigenvalue weighted by Gasteiger charge is 2.29. The topological polar surface area (TPSA) is 105 Å². The third kappa shape index (κ3) is 5.84. The van der Waals surface area contributed by atoms with Crippen LogP contribution in [0, 0.1) is 0 Å². The number of benzene rings is 2. The first-order valence-electron chi connectivity index (χ1n) is 10.6. The van der Waals surface area contributed by atoms with E-state index in [1.807, 2.05) is 43.3 Å². The van der Waals surface area contributed by atoms with Gasteiger partial charge < -0.3 is 20.5 Å². The second-order valence-electron chi connectivity index (χ2n) is 7.68. The third-order valence-electron chi connectivity index (χ3n) is 5.43. The van der Waals surface area contributed by atoms with Crippen molar-refractivity contribution >= 4 is 18.0 Å². The lowest BCUT2D eigenvalue weighted by atomic mass is 9.98. The van der Waals surface area contributed by atoms with Gasteiger partial charge in [0.05, 0.1) is 6.42 Å². The standard InChI is InChI=1S/C24H28N2O5/c1-2-3-8-16(13-23(28)29)26-22(27)14-25-24(30)31-15-21-19-11-6-4-9-17(19)18-10-5-7-12-20(18)21/h4-7,9-12,16,21H,2-3,8,13-15H2,1H3,(H,25,30)(H,26,27)(H,28,29). The Hall–Kier alpha value is -3.35. The number of rotatable bonds is 10. The molecule has 3 rings (SSSR count). The first-order valence-corrected chi connectivity index (χ1v) is 10.6. The number of hydrogen-bond donors (Lipinski definition) is 3. The molecule has 0 aromatic heterocycles. The first-order chi connectivity index (χ1) is 15.0. The van der Waals surface area contributed by atoms with Crippen molar-refractivity contribution in [2.75, 3.05) is 13.2 Å². The molecule has 1 aliphatic rings. The molecule has 2 amide bonds. The van der Waals surface area contributed by atoms with Gasteiger partial charge in [-0.2, -0.15) is 0 Å². The Morgan fingerprint density at radius 1 is 1.03 bits per heavy atom. The van der Waals surface area contributed by atoms with Gasteiger partial charge in [-0.05, 0) is 28.7 Å². The Labute approximate surface area is 181 Å². The largest absolute Gasteiger partial charge is 0.481 e. The zero-order valence-corrected chi connectivity index (χ0v) is 17.6. The fraction of sp³-hybridized carbons (Fsp3) is 0.375. The predicted molar refractivity (Wildman–Crippen MR) is 117 cm³/mol. The molecule has 2 aromatic rings. The minimum Gasteiger partial charge on any atom is -0.481 e. The molecule has 1 atom stereocenters. The molecular weight excluding hydrogens is 396 g/mol. The quantitative estimate of drug-likeness (QED) is 0.540. The van der Waals surface area contributed by atoms with Crippen LogP contribution in [0.15, 0.2) is 48.5 Å². The number of unbranched alkanes of at least 4 members (excludes halogenated alkanes) is 1. The van der Waals surface area contributed by atoms with Gasteiger partial charge in [0.15, 0.2) is 0 Å². The van der Waals surface area contributed by atoms with Crippen LogP contribution >= 0.6 is 0 Å². The number of hydrogen-bond acceptors (Lipinski definition) is 4. The summed E-state index contributed by atoms with van der Waals surface area (Å²) in [7, 11) is 0. The molecule has 0 aliphatic heterocycles. The van der Waals surface area contributed by atoms with E-state index in [9.17, 15) is 14.4 Å². The van der Waals surface area contributed by atoms with Crippen LogP contribution < -0.4 is 10.6 Å². The smallest absolute Gasteiger partial charge is 0.407 e. The molecule has 7 heteroatoms. The summed E-state index contributed by atoms with van der Waals surface area (Å²) in [6, 6.07) is 15.7. The maximum absolute atomic E-state index is 12.2. The summed E-state index contributed by atoms with van der Waals surface area (Å²) >= 11 is 0. The van der Waals surface area contributed by atoms with Crippen molar-refractivity contribution in [2.24, 2.45) is 0 Å². The number of amides is 2. The maximum Gasteiger partial charge on any atom is 0.407 e. The van der Waals surface area contributed by atoms with Crippen molar-refractivity contribution in [3.05, 3.63) is 59.7 Å². The van der Waals surface area contributed by atoms with Crippen molar-refractivity contribution in [1.82, 2.24) is 10.6 Å². The van der Waals surface area contributed by atoms with Crippen LogP contribution in [0.25, 0.3) is 11.1 Å². The highest BCUT2D eigenvalue weighted by atomic mass is 16.5. The van der Waals surface area contributed by atoms with E-state index in [0.717, 1.165) is 35.1 Å². The van der Waals surface area contributed by atoms with E-state index < -0.39 is 24.0 Å². The number of alkyl carbamates (subject to hydrolysis) is 1. The average Bonchev–Trinajstić information content (AvgIpc) is 3.08. The number of carbonyl (C=O) groups excluding carboxylic acids is 2. The molecule has 7 nitrogen and oxygen atoms in total. The molecule has 0 bridgehead atoms. The van der Waals surface area contributed by atoms with E-state index >= 15 is 0 Å². The number of fused-ring (bicyclic) bond motifs is 3. The van der Waals surface area contributed by atoms with Crippen LogP contribution in [-0.4, -0.2) is 42.3 Å². The van der Waals surface area contributed by atoms with E-state index in [4.69, 9.17) is 9.84 Å². The van der Waals surface area contributed by atoms with Crippen molar-refractivity contribution in [2.45, 2.75) is 44.6 Å². The fourth-order valence-electron chi connectivity index (χ4n) is 3.97. The van der Waals surface area contributed by atoms with Gasteiger partial charge >= 0.3 is 12.1 Å². The number of carboxylic acids is 1. The number of carboxylic acid groups (broad SMARTS) is 1. The Morgan fingerprint density at radius 2 is 1.65 bits per heavy atom. The summed E-state index contributed by atoms with van der Waals surface area (Å²) in [4.78, 5) is 35.2. The SMILES string of the molecule is CCCCC(CC(=O)O)NC(=O)CNC(=O)OCC1c2ccccc2-c2ccccc21. The molecule has 0 heterocycles. The highest BCUT2D eigenvalue weighted by molar-refractivity contribution is 5.83. The number of ether oxygens (including phenoxy) is 1. The van der Waals surface area contributed by atoms with Crippen LogP contribution in [-0.2, 0) is 14.3 Å². The van der Waals surface area contributed by atoms with Gasteiger partial charge in [0.1, 0.15) is 13.2 Å². The molecule has 0 saturated carbocycles. The molecule has 1 aliphatic carbocycles. The van der Waals surface area contributed by atoms with Crippen LogP contribution in [0.1, 0.15) is 49.7 Å². The van der Waals surface area contributed by atoms with E-state index in [2.05, 4.69) is 22.8 Å². The monoisotopic (exact) mass is 424 g/mol. The lowest BCUT2D eigenvalue weighted by Crippen LogP contribution is -2.43. The Kier molecular flexibility index (Phi) is 7.65. The van der Waals surface area contributed by atoms with Crippen molar-refractivity contribution in [1.29, 1.82) is 0 Å². The van der Waals surface area contributed by atoms with Gasteiger partial charge in [0.25, 0.3) is 0 Å². The third-order valence-corrected chi connectivity index (χ3v) is 5.43. The number of aliphatic carboxylic acids is 1. The van der Waals surface area contributed by atoms with E-state index in [1.54, 1.807) is 0 Å². The van der Waals surface area contributed by atoms with Gasteiger partial charge in [0, 0.05) is 12.0 Å². The maximum atomic E-state index is 12.2. The molecule has 2 aromatic carbocycles. The van der Waals surface area contributed by atoms with Crippen molar-refractivity contribution in [3.63, 3.8) is 0 Å². The Morgan fingerprint density at radius 3 is 2.23 bits per heavy atom. The Balaban J connectivity index is 1.50. The molecule has 0 spiro atoms. The lowest BCUT2D eigenvalue weighted by Gasteiger charge is -2.17. The summed E-state index contributed by atoms with van der Waals surface area (Å²) in [6.45, 7) is 1.90. The zero-order valence-electron chi connectivity index (χ0n) is 17.6. The first kappa shape index (κ1) is 22.3. The highest BCUT2D eigenvalue weighted by Crippen LogP contribution is 2.44. The predicted octanol–water partition coefficient (Wildman–Crippen LogP) is 3.67. The van der Waals surface area contributed by atoms with Gasteiger partial charge in [-0.1, -0.05) is 68.3 Å². The van der Waals surface area contributed by atoms with Crippen LogP contribution in [0.4, 0.5) is 4.79 Å². The van der Waals surface area contributed by atoms with Crippen molar-refractivity contribution < 1.29 is 24.2 Å². The fourth-order valence-corrected chi connectivity index (χ4v) is 3.97. The van der Waals surface area contributed by atoms with Gasteiger partial charge in [-0.15, -0.1) is 0 Å². The summed E-state index contributed by atoms with van der Waals surface area (Å²) < 4.78 is 5.40. The molecule has 1 unspecified atom stereocenters. The van der Waals surface area contributed by atoms with Gasteiger partial charge in [-0.25, -0.2) is 4.79 Å². The van der Waals surface area contributed by atoms with E-state index in [1.165, 1.54) is 0 Å². The number of nitrogens with one attached hydrogen (secondary N) is 2. The van der Waals surface area contributed by atoms with Gasteiger partial charge in [-0.3, -0.25) is 9.59 Å². The van der Waals surface area contributed by atoms with Gasteiger partial charge in [0.2, 0.25) is 5.91 Å². The minimum absolute atomic E-state index is 0.0547. The average molecular weight is 424 g/mol. The van der Waals surface area contributed by atoms with E-state index in [-0.39, 0.29) is 25.5 Å². The Bertz CT molecular complexity index is 898. The minimum atomic E-state index is -0.967. The molecule has 0 saturated heterocycles. The molecule has 0 fully saturated rings. The summed E-state index contributed by atoms with van der Waals surface area (Å²) in [5, 5.41) is 14.1. The summed E-state index contributed by atoms with van der Waals surface area (Å²) in [6.07, 6.45) is 1.48. The van der Waals surface area contributed by atoms with E-state index in [0.29, 0.717) is 6.42 Å². The molecule has 31 heavy (non-hydrogen) atoms. The lowest BCUT2D eigenvalue weighted by molar-refractivity contribution is -0.137. The molecule has 0 radical (unpaired) electrons. The van der Waals surface area contributed by atoms with Crippen LogP contribution in [0.5, 0.6) is 0 Å². The van der Waals surface area contributed by atoms with Crippen molar-refractivity contribution in [3.8, 4) is 11.1 Å². The second kappa shape index (κ2) is 10.6. The summed E-state index contributed by atoms with van der Waals surface area (Å²) in [5.74, 6) is -1.46. The molecule has 164 valence electrons. The second-order valence-corrected chi connectivity index (χ2v) is 7.68. The molecule has 3 N–H and O–H groups in total. The number of carbonyl (C=O) groups is 3. The van der Waals surface area contributed by atoms with Crippen LogP contribution in [0.2, 0.25) is 0 Å². The normalized spacial score (nSPS) is 13.1. The summed E-state index contributed by atoms with van der Waals surface area (Å²) in [5.41, 5.74) is 4.51. The van der Waals surface area contributed by atoms with Crippen LogP contribution in [0.3, 0.4) is 0 Å².